The van der Waals surface area contributed by atoms with Crippen molar-refractivity contribution in [3.8, 4) is 0 Å². The summed E-state index contributed by atoms with van der Waals surface area (Å²) in [7, 11) is -0.727. The molecule has 1 N–H and O–H groups in total. The van der Waals surface area contributed by atoms with Crippen LogP contribution in [0, 0.1) is 22.7 Å². The van der Waals surface area contributed by atoms with Crippen LogP contribution in [-0.4, -0.2) is 56.8 Å². The van der Waals surface area contributed by atoms with Gasteiger partial charge in [-0.05, 0) is 29.1 Å². The first kappa shape index (κ1) is 18.7. The van der Waals surface area contributed by atoms with E-state index in [0.29, 0.717) is 17.3 Å². The zero-order valence-electron chi connectivity index (χ0n) is 15.4. The first-order valence-corrected chi connectivity index (χ1v) is 9.69. The smallest absolute Gasteiger partial charge is 0.279 e. The molecule has 0 unspecified atom stereocenters. The molecule has 1 amide bonds. The summed E-state index contributed by atoms with van der Waals surface area (Å²) in [6.45, 7) is 11.7. The average molecular weight is 346 g/mol. The minimum absolute atomic E-state index is 0.104. The van der Waals surface area contributed by atoms with Crippen molar-refractivity contribution in [2.24, 2.45) is 22.7 Å². The number of nitrogens with zero attached hydrogens (tertiary/aromatic N) is 2. The minimum Gasteiger partial charge on any atom is -0.341 e. The highest BCUT2D eigenvalue weighted by molar-refractivity contribution is 7.87. The van der Waals surface area contributed by atoms with Crippen LogP contribution in [0.2, 0.25) is 0 Å². The number of nitrogens with one attached hydrogen (secondary N) is 1. The van der Waals surface area contributed by atoms with Crippen molar-refractivity contribution in [3.05, 3.63) is 0 Å². The highest BCUT2D eigenvalue weighted by Gasteiger charge is 2.54. The van der Waals surface area contributed by atoms with E-state index in [9.17, 15) is 13.2 Å². The van der Waals surface area contributed by atoms with E-state index in [2.05, 4.69) is 18.6 Å². The van der Waals surface area contributed by atoms with Gasteiger partial charge in [-0.15, -0.1) is 0 Å². The van der Waals surface area contributed by atoms with E-state index in [0.717, 1.165) is 17.4 Å². The molecule has 0 aromatic heterocycles. The second-order valence-electron chi connectivity index (χ2n) is 8.90. The highest BCUT2D eigenvalue weighted by atomic mass is 32.2. The van der Waals surface area contributed by atoms with Crippen LogP contribution >= 0.6 is 0 Å². The summed E-state index contributed by atoms with van der Waals surface area (Å²) < 4.78 is 28.1. The van der Waals surface area contributed by atoms with Crippen LogP contribution in [0.25, 0.3) is 0 Å². The lowest BCUT2D eigenvalue weighted by atomic mass is 9.52. The van der Waals surface area contributed by atoms with Crippen LogP contribution in [-0.2, 0) is 15.0 Å². The van der Waals surface area contributed by atoms with E-state index >= 15 is 0 Å². The van der Waals surface area contributed by atoms with Gasteiger partial charge in [-0.3, -0.25) is 4.79 Å². The normalized spacial score (nSPS) is 28.4. The van der Waals surface area contributed by atoms with Gasteiger partial charge in [0.15, 0.2) is 0 Å². The predicted octanol–water partition coefficient (Wildman–Crippen LogP) is 1.30. The van der Waals surface area contributed by atoms with Crippen LogP contribution in [0.1, 0.15) is 41.0 Å². The quantitative estimate of drug-likeness (QED) is 0.835. The van der Waals surface area contributed by atoms with E-state index < -0.39 is 21.7 Å². The molecule has 0 aromatic carbocycles. The Balaban J connectivity index is 2.16. The molecule has 0 radical (unpaired) electrons. The van der Waals surface area contributed by atoms with Gasteiger partial charge in [0.2, 0.25) is 5.91 Å². The summed E-state index contributed by atoms with van der Waals surface area (Å²) in [5.74, 6) is 0.945. The Morgan fingerprint density at radius 3 is 2.04 bits per heavy atom. The molecule has 3 aliphatic rings. The maximum atomic E-state index is 13.0. The van der Waals surface area contributed by atoms with Crippen LogP contribution in [0.15, 0.2) is 0 Å². The summed E-state index contributed by atoms with van der Waals surface area (Å²) in [4.78, 5) is 14.9. The van der Waals surface area contributed by atoms with Crippen LogP contribution in [0.4, 0.5) is 0 Å². The summed E-state index contributed by atoms with van der Waals surface area (Å²) in [6.07, 6.45) is 1.18. The molecule has 2 saturated heterocycles. The van der Waals surface area contributed by atoms with Gasteiger partial charge >= 0.3 is 0 Å². The molecule has 3 rings (SSSR count). The molecule has 2 aliphatic heterocycles. The van der Waals surface area contributed by atoms with Crippen molar-refractivity contribution in [2.45, 2.75) is 47.1 Å². The summed E-state index contributed by atoms with van der Waals surface area (Å²) in [5, 5.41) is 0. The molecular weight excluding hydrogens is 314 g/mol. The topological polar surface area (TPSA) is 69.7 Å². The molecule has 6 nitrogen and oxygen atoms in total. The SMILES string of the molecule is CN(C)S(=O)(=O)N[C@H](C(=O)N1C[C@H]2C[C@@H](C1)C2(C)C)C(C)(C)C. The molecule has 2 bridgehead atoms. The van der Waals surface area contributed by atoms with Crippen molar-refractivity contribution in [1.29, 1.82) is 0 Å². The molecule has 134 valence electrons. The Morgan fingerprint density at radius 2 is 1.70 bits per heavy atom. The maximum absolute atomic E-state index is 13.0. The van der Waals surface area contributed by atoms with E-state index in [1.807, 2.05) is 25.7 Å². The first-order valence-electron chi connectivity index (χ1n) is 8.25. The van der Waals surface area contributed by atoms with Crippen molar-refractivity contribution in [2.75, 3.05) is 27.2 Å². The second-order valence-corrected chi connectivity index (χ2v) is 10.8. The van der Waals surface area contributed by atoms with E-state index in [4.69, 9.17) is 0 Å². The Bertz CT molecular complexity index is 564. The van der Waals surface area contributed by atoms with Gasteiger partial charge in [-0.1, -0.05) is 34.6 Å². The van der Waals surface area contributed by atoms with Crippen molar-refractivity contribution in [1.82, 2.24) is 13.9 Å². The molecule has 1 aliphatic carbocycles. The lowest BCUT2D eigenvalue weighted by molar-refractivity contribution is -0.155. The molecule has 7 heteroatoms. The number of hydrogen-bond acceptors (Lipinski definition) is 3. The van der Waals surface area contributed by atoms with Gasteiger partial charge in [0, 0.05) is 27.2 Å². The third kappa shape index (κ3) is 3.42. The van der Waals surface area contributed by atoms with Gasteiger partial charge in [-0.2, -0.15) is 17.4 Å². The van der Waals surface area contributed by atoms with E-state index in [-0.39, 0.29) is 5.91 Å². The molecule has 0 spiro atoms. The summed E-state index contributed by atoms with van der Waals surface area (Å²) in [6, 6.07) is -0.754. The number of rotatable bonds is 4. The van der Waals surface area contributed by atoms with E-state index in [1.165, 1.54) is 20.5 Å². The molecule has 3 atom stereocenters. The summed E-state index contributed by atoms with van der Waals surface area (Å²) in [5.41, 5.74) is -0.186. The second kappa shape index (κ2) is 5.70. The lowest BCUT2D eigenvalue weighted by Gasteiger charge is -2.60. The minimum atomic E-state index is -3.65. The number of hydrogen-bond donors (Lipinski definition) is 1. The standard InChI is InChI=1S/C16H31N3O3S/c1-15(2,3)13(17-23(21,22)18(6)7)14(20)19-9-11-8-12(10-19)16(11,4)5/h11-13,17H,8-10H2,1-7H3/t11-,12+,13-/m1/s1. The van der Waals surface area contributed by atoms with Gasteiger partial charge in [0.1, 0.15) is 6.04 Å². The third-order valence-electron chi connectivity index (χ3n) is 5.73. The molecular formula is C16H31N3O3S. The van der Waals surface area contributed by atoms with Crippen LogP contribution in [0.3, 0.4) is 0 Å². The van der Waals surface area contributed by atoms with Crippen LogP contribution < -0.4 is 4.72 Å². The predicted molar refractivity (Wildman–Crippen MR) is 90.9 cm³/mol. The average Bonchev–Trinajstić information content (AvgIpc) is 2.42. The number of fused-ring (bicyclic) bond motifs is 2. The molecule has 2 heterocycles. The number of piperidine rings is 2. The van der Waals surface area contributed by atoms with Gasteiger partial charge in [0.25, 0.3) is 10.2 Å². The molecule has 0 aromatic rings. The maximum Gasteiger partial charge on any atom is 0.279 e. The number of amides is 1. The van der Waals surface area contributed by atoms with Crippen molar-refractivity contribution >= 4 is 16.1 Å². The fourth-order valence-corrected chi connectivity index (χ4v) is 4.53. The number of carbonyl (C=O) groups is 1. The van der Waals surface area contributed by atoms with Crippen molar-refractivity contribution in [3.63, 3.8) is 0 Å². The lowest BCUT2D eigenvalue weighted by Crippen LogP contribution is -2.65. The van der Waals surface area contributed by atoms with Gasteiger partial charge in [0.05, 0.1) is 0 Å². The first-order chi connectivity index (χ1) is 10.3. The molecule has 1 saturated carbocycles. The van der Waals surface area contributed by atoms with Crippen LogP contribution in [0.5, 0.6) is 0 Å². The fourth-order valence-electron chi connectivity index (χ4n) is 3.56. The summed E-state index contributed by atoms with van der Waals surface area (Å²) >= 11 is 0. The fraction of sp³-hybridized carbons (Fsp3) is 0.938. The highest BCUT2D eigenvalue weighted by Crippen LogP contribution is 2.54. The van der Waals surface area contributed by atoms with Crippen molar-refractivity contribution < 1.29 is 13.2 Å². The monoisotopic (exact) mass is 345 g/mol. The Hall–Kier alpha value is -0.660. The zero-order chi connectivity index (χ0) is 17.8. The Labute approximate surface area is 140 Å². The molecule has 23 heavy (non-hydrogen) atoms. The van der Waals surface area contributed by atoms with E-state index in [1.54, 1.807) is 0 Å². The Kier molecular flexibility index (Phi) is 4.63. The largest absolute Gasteiger partial charge is 0.341 e. The third-order valence-corrected chi connectivity index (χ3v) is 7.22. The molecule has 3 fully saturated rings. The zero-order valence-corrected chi connectivity index (χ0v) is 16.2. The number of carbonyl (C=O) groups excluding carboxylic acids is 1. The van der Waals surface area contributed by atoms with Gasteiger partial charge in [-0.25, -0.2) is 0 Å². The van der Waals surface area contributed by atoms with Gasteiger partial charge < -0.3 is 4.90 Å². The Morgan fingerprint density at radius 1 is 1.22 bits per heavy atom.